The number of nitro benzene ring substituents is 1. The first-order valence-corrected chi connectivity index (χ1v) is 7.58. The van der Waals surface area contributed by atoms with Gasteiger partial charge in [-0.2, -0.15) is 0 Å². The Morgan fingerprint density at radius 2 is 1.96 bits per heavy atom. The van der Waals surface area contributed by atoms with Crippen LogP contribution in [-0.4, -0.2) is 16.0 Å². The Hall–Kier alpha value is -3.55. The highest BCUT2D eigenvalue weighted by atomic mass is 19.1. The molecule has 0 saturated carbocycles. The molecular formula is C18H13FN2O5. The molecule has 1 aromatic heterocycles. The van der Waals surface area contributed by atoms with E-state index in [1.165, 1.54) is 42.5 Å². The van der Waals surface area contributed by atoms with Crippen molar-refractivity contribution < 1.29 is 23.4 Å². The maximum Gasteiger partial charge on any atom is 0.338 e. The Labute approximate surface area is 147 Å². The SMILES string of the molecule is Cc1ccc(C(=O)OCc2cc(-c3ccc(F)cc3)on2)cc1[N+](=O)[O-]. The van der Waals surface area contributed by atoms with Crippen LogP contribution in [0.2, 0.25) is 0 Å². The van der Waals surface area contributed by atoms with E-state index in [2.05, 4.69) is 5.16 Å². The second-order valence-electron chi connectivity index (χ2n) is 5.52. The van der Waals surface area contributed by atoms with Gasteiger partial charge in [-0.15, -0.1) is 0 Å². The third-order valence-electron chi connectivity index (χ3n) is 3.68. The van der Waals surface area contributed by atoms with Crippen LogP contribution in [0.25, 0.3) is 11.3 Å². The lowest BCUT2D eigenvalue weighted by Gasteiger charge is -2.03. The van der Waals surface area contributed by atoms with Crippen molar-refractivity contribution in [2.75, 3.05) is 0 Å². The number of carbonyl (C=O) groups excluding carboxylic acids is 1. The molecule has 26 heavy (non-hydrogen) atoms. The fourth-order valence-corrected chi connectivity index (χ4v) is 2.29. The summed E-state index contributed by atoms with van der Waals surface area (Å²) in [4.78, 5) is 22.5. The van der Waals surface area contributed by atoms with Gasteiger partial charge in [0.1, 0.15) is 18.1 Å². The quantitative estimate of drug-likeness (QED) is 0.389. The van der Waals surface area contributed by atoms with Gasteiger partial charge in [-0.05, 0) is 37.3 Å². The summed E-state index contributed by atoms with van der Waals surface area (Å²) < 4.78 is 23.2. The fraction of sp³-hybridized carbons (Fsp3) is 0.111. The molecule has 132 valence electrons. The van der Waals surface area contributed by atoms with Crippen molar-refractivity contribution in [3.05, 3.63) is 81.3 Å². The van der Waals surface area contributed by atoms with Crippen molar-refractivity contribution in [3.8, 4) is 11.3 Å². The van der Waals surface area contributed by atoms with E-state index in [-0.39, 0.29) is 23.7 Å². The van der Waals surface area contributed by atoms with Crippen molar-refractivity contribution in [3.63, 3.8) is 0 Å². The third-order valence-corrected chi connectivity index (χ3v) is 3.68. The first-order chi connectivity index (χ1) is 12.4. The maximum atomic E-state index is 12.9. The van der Waals surface area contributed by atoms with Crippen molar-refractivity contribution in [2.45, 2.75) is 13.5 Å². The molecule has 0 fully saturated rings. The number of aryl methyl sites for hydroxylation is 1. The zero-order chi connectivity index (χ0) is 18.7. The highest BCUT2D eigenvalue weighted by Crippen LogP contribution is 2.22. The molecular weight excluding hydrogens is 343 g/mol. The molecule has 2 aromatic carbocycles. The van der Waals surface area contributed by atoms with Gasteiger partial charge in [0.05, 0.1) is 10.5 Å². The average molecular weight is 356 g/mol. The summed E-state index contributed by atoms with van der Waals surface area (Å²) in [6.07, 6.45) is 0. The van der Waals surface area contributed by atoms with Gasteiger partial charge in [-0.1, -0.05) is 11.2 Å². The van der Waals surface area contributed by atoms with Gasteiger partial charge < -0.3 is 9.26 Å². The summed E-state index contributed by atoms with van der Waals surface area (Å²) in [6.45, 7) is 1.42. The van der Waals surface area contributed by atoms with E-state index in [1.807, 2.05) is 0 Å². The fourth-order valence-electron chi connectivity index (χ4n) is 2.29. The number of ether oxygens (including phenoxy) is 1. The topological polar surface area (TPSA) is 95.5 Å². The minimum Gasteiger partial charge on any atom is -0.455 e. The molecule has 0 spiro atoms. The number of carbonyl (C=O) groups is 1. The molecule has 0 bridgehead atoms. The van der Waals surface area contributed by atoms with Gasteiger partial charge in [0.15, 0.2) is 5.76 Å². The van der Waals surface area contributed by atoms with Crippen LogP contribution in [0.15, 0.2) is 53.1 Å². The van der Waals surface area contributed by atoms with Gasteiger partial charge in [0.25, 0.3) is 5.69 Å². The summed E-state index contributed by atoms with van der Waals surface area (Å²) in [5, 5.41) is 14.7. The van der Waals surface area contributed by atoms with Gasteiger partial charge in [-0.25, -0.2) is 9.18 Å². The van der Waals surface area contributed by atoms with Crippen LogP contribution < -0.4 is 0 Å². The Bertz CT molecular complexity index is 966. The number of hydrogen-bond donors (Lipinski definition) is 0. The normalized spacial score (nSPS) is 10.5. The predicted molar refractivity (Wildman–Crippen MR) is 88.8 cm³/mol. The lowest BCUT2D eigenvalue weighted by Crippen LogP contribution is -2.06. The number of hydrogen-bond acceptors (Lipinski definition) is 6. The predicted octanol–water partition coefficient (Wildman–Crippen LogP) is 4.05. The lowest BCUT2D eigenvalue weighted by atomic mass is 10.1. The molecule has 7 nitrogen and oxygen atoms in total. The van der Waals surface area contributed by atoms with Crippen LogP contribution in [0.3, 0.4) is 0 Å². The number of benzene rings is 2. The molecule has 8 heteroatoms. The van der Waals surface area contributed by atoms with Crippen LogP contribution in [0.4, 0.5) is 10.1 Å². The molecule has 0 aliphatic carbocycles. The van der Waals surface area contributed by atoms with Crippen LogP contribution in [0.5, 0.6) is 0 Å². The van der Waals surface area contributed by atoms with Crippen molar-refractivity contribution in [1.82, 2.24) is 5.16 Å². The Balaban J connectivity index is 1.68. The van der Waals surface area contributed by atoms with Crippen molar-refractivity contribution in [2.24, 2.45) is 0 Å². The molecule has 0 atom stereocenters. The highest BCUT2D eigenvalue weighted by Gasteiger charge is 2.16. The van der Waals surface area contributed by atoms with Crippen LogP contribution in [0, 0.1) is 22.9 Å². The van der Waals surface area contributed by atoms with Crippen LogP contribution >= 0.6 is 0 Å². The number of rotatable bonds is 5. The summed E-state index contributed by atoms with van der Waals surface area (Å²) in [7, 11) is 0. The minimum atomic E-state index is -0.709. The van der Waals surface area contributed by atoms with E-state index in [9.17, 15) is 19.3 Å². The molecule has 0 N–H and O–H groups in total. The standard InChI is InChI=1S/C18H13FN2O5/c1-11-2-3-13(8-16(11)21(23)24)18(22)25-10-15-9-17(26-20-15)12-4-6-14(19)7-5-12/h2-9H,10H2,1H3. The summed E-state index contributed by atoms with van der Waals surface area (Å²) in [6, 6.07) is 11.3. The molecule has 3 rings (SSSR count). The van der Waals surface area contributed by atoms with E-state index in [4.69, 9.17) is 9.26 Å². The number of nitrogens with zero attached hydrogens (tertiary/aromatic N) is 2. The van der Waals surface area contributed by atoms with Gasteiger partial charge >= 0.3 is 5.97 Å². The first-order valence-electron chi connectivity index (χ1n) is 7.58. The molecule has 0 saturated heterocycles. The Morgan fingerprint density at radius 3 is 2.65 bits per heavy atom. The molecule has 0 amide bonds. The zero-order valence-corrected chi connectivity index (χ0v) is 13.6. The summed E-state index contributed by atoms with van der Waals surface area (Å²) in [5.41, 5.74) is 1.36. The third kappa shape index (κ3) is 3.75. The molecule has 0 aliphatic heterocycles. The molecule has 1 heterocycles. The van der Waals surface area contributed by atoms with E-state index in [1.54, 1.807) is 13.0 Å². The van der Waals surface area contributed by atoms with E-state index < -0.39 is 10.9 Å². The number of esters is 1. The van der Waals surface area contributed by atoms with E-state index in [0.717, 1.165) is 0 Å². The van der Waals surface area contributed by atoms with Gasteiger partial charge in [-0.3, -0.25) is 10.1 Å². The smallest absolute Gasteiger partial charge is 0.338 e. The van der Waals surface area contributed by atoms with Crippen molar-refractivity contribution in [1.29, 1.82) is 0 Å². The van der Waals surface area contributed by atoms with Gasteiger partial charge in [0, 0.05) is 23.3 Å². The molecule has 0 aliphatic rings. The van der Waals surface area contributed by atoms with Crippen LogP contribution in [0.1, 0.15) is 21.6 Å². The monoisotopic (exact) mass is 356 g/mol. The first kappa shape index (κ1) is 17.3. The second kappa shape index (κ2) is 7.14. The highest BCUT2D eigenvalue weighted by molar-refractivity contribution is 5.90. The average Bonchev–Trinajstić information content (AvgIpc) is 3.09. The largest absolute Gasteiger partial charge is 0.455 e. The van der Waals surface area contributed by atoms with Gasteiger partial charge in [0.2, 0.25) is 0 Å². The zero-order valence-electron chi connectivity index (χ0n) is 13.6. The van der Waals surface area contributed by atoms with E-state index in [0.29, 0.717) is 22.6 Å². The van der Waals surface area contributed by atoms with Crippen LogP contribution in [-0.2, 0) is 11.3 Å². The van der Waals surface area contributed by atoms with Crippen molar-refractivity contribution >= 4 is 11.7 Å². The number of halogens is 1. The van der Waals surface area contributed by atoms with E-state index >= 15 is 0 Å². The Morgan fingerprint density at radius 1 is 1.23 bits per heavy atom. The lowest BCUT2D eigenvalue weighted by molar-refractivity contribution is -0.385. The maximum absolute atomic E-state index is 12.9. The summed E-state index contributed by atoms with van der Waals surface area (Å²) >= 11 is 0. The number of nitro groups is 1. The molecule has 0 radical (unpaired) electrons. The summed E-state index contributed by atoms with van der Waals surface area (Å²) in [5.74, 6) is -0.670. The number of aromatic nitrogens is 1. The second-order valence-corrected chi connectivity index (χ2v) is 5.52. The molecule has 0 unspecified atom stereocenters. The Kier molecular flexibility index (Phi) is 4.74. The minimum absolute atomic E-state index is 0.0737. The molecule has 3 aromatic rings.